The number of rotatable bonds is 0. The predicted octanol–water partition coefficient (Wildman–Crippen LogP) is 2.07. The molecule has 0 spiro atoms. The monoisotopic (exact) mass is 222 g/mol. The van der Waals surface area contributed by atoms with Crippen LogP contribution in [0, 0.1) is 11.3 Å². The van der Waals surface area contributed by atoms with Crippen molar-refractivity contribution in [2.75, 3.05) is 0 Å². The van der Waals surface area contributed by atoms with E-state index in [9.17, 15) is 14.4 Å². The Balaban J connectivity index is 2.26. The zero-order chi connectivity index (χ0) is 11.8. The quantitative estimate of drug-likeness (QED) is 0.630. The maximum absolute atomic E-state index is 12.0. The summed E-state index contributed by atoms with van der Waals surface area (Å²) in [5, 5.41) is 0. The van der Waals surface area contributed by atoms with Crippen molar-refractivity contribution in [3.63, 3.8) is 0 Å². The van der Waals surface area contributed by atoms with Crippen molar-refractivity contribution in [1.29, 1.82) is 0 Å². The minimum atomic E-state index is -0.248. The second-order valence-electron chi connectivity index (χ2n) is 5.48. The molecule has 0 saturated heterocycles. The molecule has 2 aliphatic carbocycles. The van der Waals surface area contributed by atoms with Crippen LogP contribution in [-0.4, -0.2) is 17.3 Å². The van der Waals surface area contributed by atoms with E-state index < -0.39 is 0 Å². The first-order chi connectivity index (χ1) is 7.51. The van der Waals surface area contributed by atoms with Crippen LogP contribution in [0.25, 0.3) is 0 Å². The smallest absolute Gasteiger partial charge is 0.136 e. The molecule has 0 amide bonds. The van der Waals surface area contributed by atoms with E-state index in [4.69, 9.17) is 0 Å². The van der Waals surface area contributed by atoms with Gasteiger partial charge in [0.2, 0.25) is 0 Å². The molecule has 0 radical (unpaired) electrons. The summed E-state index contributed by atoms with van der Waals surface area (Å²) in [6.45, 7) is 2.01. The van der Waals surface area contributed by atoms with E-state index in [-0.39, 0.29) is 28.7 Å². The first-order valence-electron chi connectivity index (χ1n) is 6.07. The summed E-state index contributed by atoms with van der Waals surface area (Å²) in [7, 11) is 0. The van der Waals surface area contributed by atoms with Crippen LogP contribution in [0.15, 0.2) is 0 Å². The number of hydrogen-bond acceptors (Lipinski definition) is 3. The van der Waals surface area contributed by atoms with Crippen molar-refractivity contribution in [1.82, 2.24) is 0 Å². The molecule has 0 unspecified atom stereocenters. The second kappa shape index (κ2) is 4.11. The third-order valence-electron chi connectivity index (χ3n) is 4.12. The third-order valence-corrected chi connectivity index (χ3v) is 4.12. The Morgan fingerprint density at radius 1 is 1.06 bits per heavy atom. The largest absolute Gasteiger partial charge is 0.300 e. The molecular weight excluding hydrogens is 204 g/mol. The van der Waals surface area contributed by atoms with Gasteiger partial charge in [0.05, 0.1) is 0 Å². The van der Waals surface area contributed by atoms with E-state index in [1.165, 1.54) is 0 Å². The van der Waals surface area contributed by atoms with Crippen molar-refractivity contribution in [3.05, 3.63) is 0 Å². The molecule has 16 heavy (non-hydrogen) atoms. The molecule has 3 heteroatoms. The first kappa shape index (κ1) is 11.5. The zero-order valence-corrected chi connectivity index (χ0v) is 9.75. The highest BCUT2D eigenvalue weighted by Gasteiger charge is 2.44. The van der Waals surface area contributed by atoms with E-state index in [1.54, 1.807) is 0 Å². The van der Waals surface area contributed by atoms with Crippen LogP contribution in [-0.2, 0) is 14.4 Å². The SMILES string of the molecule is C[C@@]12CCC(=O)C[C@@H]1C(=O)CCCC(=O)C2. The van der Waals surface area contributed by atoms with Crippen molar-refractivity contribution in [2.45, 2.75) is 51.9 Å². The van der Waals surface area contributed by atoms with E-state index in [2.05, 4.69) is 0 Å². The van der Waals surface area contributed by atoms with Gasteiger partial charge in [0.1, 0.15) is 17.3 Å². The Labute approximate surface area is 95.6 Å². The number of hydrogen-bond donors (Lipinski definition) is 0. The molecule has 0 aliphatic heterocycles. The Morgan fingerprint density at radius 3 is 2.56 bits per heavy atom. The number of carbonyl (C=O) groups is 3. The standard InChI is InChI=1S/C13H18O3/c1-13-6-5-9(14)7-11(13)12(16)4-2-3-10(15)8-13/h11H,2-8H2,1H3/t11-,13+/m1/s1. The highest BCUT2D eigenvalue weighted by molar-refractivity contribution is 5.92. The lowest BCUT2D eigenvalue weighted by molar-refractivity contribution is -0.140. The molecule has 0 aromatic carbocycles. The van der Waals surface area contributed by atoms with Gasteiger partial charge in [-0.05, 0) is 18.3 Å². The van der Waals surface area contributed by atoms with Gasteiger partial charge in [0, 0.05) is 38.0 Å². The molecule has 88 valence electrons. The average molecular weight is 222 g/mol. The molecule has 0 bridgehead atoms. The van der Waals surface area contributed by atoms with Crippen molar-refractivity contribution >= 4 is 17.3 Å². The molecule has 3 nitrogen and oxygen atoms in total. The minimum absolute atomic E-state index is 0.184. The molecule has 2 fully saturated rings. The van der Waals surface area contributed by atoms with Gasteiger partial charge in [-0.1, -0.05) is 6.92 Å². The molecule has 0 aromatic rings. The minimum Gasteiger partial charge on any atom is -0.300 e. The van der Waals surface area contributed by atoms with Crippen LogP contribution in [0.4, 0.5) is 0 Å². The van der Waals surface area contributed by atoms with Gasteiger partial charge in [0.25, 0.3) is 0 Å². The highest BCUT2D eigenvalue weighted by atomic mass is 16.1. The lowest BCUT2D eigenvalue weighted by Gasteiger charge is -2.40. The summed E-state index contributed by atoms with van der Waals surface area (Å²) in [5.41, 5.74) is -0.248. The summed E-state index contributed by atoms with van der Waals surface area (Å²) in [6, 6.07) is 0. The van der Waals surface area contributed by atoms with Crippen molar-refractivity contribution in [2.24, 2.45) is 11.3 Å². The van der Waals surface area contributed by atoms with E-state index in [1.807, 2.05) is 6.92 Å². The van der Waals surface area contributed by atoms with E-state index in [0.29, 0.717) is 44.9 Å². The molecular formula is C13H18O3. The molecule has 2 rings (SSSR count). The number of fused-ring (bicyclic) bond motifs is 1. The van der Waals surface area contributed by atoms with Gasteiger partial charge in [-0.15, -0.1) is 0 Å². The van der Waals surface area contributed by atoms with Gasteiger partial charge in [-0.2, -0.15) is 0 Å². The fourth-order valence-corrected chi connectivity index (χ4v) is 3.06. The first-order valence-corrected chi connectivity index (χ1v) is 6.07. The molecule has 0 aromatic heterocycles. The lowest BCUT2D eigenvalue weighted by Crippen LogP contribution is -2.42. The van der Waals surface area contributed by atoms with Gasteiger partial charge < -0.3 is 0 Å². The average Bonchev–Trinajstić information content (AvgIpc) is 2.20. The number of ketones is 3. The van der Waals surface area contributed by atoms with Crippen LogP contribution < -0.4 is 0 Å². The predicted molar refractivity (Wildman–Crippen MR) is 58.9 cm³/mol. The summed E-state index contributed by atoms with van der Waals surface area (Å²) in [4.78, 5) is 35.1. The fourth-order valence-electron chi connectivity index (χ4n) is 3.06. The topological polar surface area (TPSA) is 51.2 Å². The molecule has 0 N–H and O–H groups in total. The van der Waals surface area contributed by atoms with Gasteiger partial charge in [-0.25, -0.2) is 0 Å². The third kappa shape index (κ3) is 2.08. The number of carbonyl (C=O) groups excluding carboxylic acids is 3. The lowest BCUT2D eigenvalue weighted by atomic mass is 9.61. The summed E-state index contributed by atoms with van der Waals surface area (Å²) < 4.78 is 0. The summed E-state index contributed by atoms with van der Waals surface area (Å²) >= 11 is 0. The maximum atomic E-state index is 12.0. The van der Waals surface area contributed by atoms with Crippen molar-refractivity contribution in [3.8, 4) is 0 Å². The summed E-state index contributed by atoms with van der Waals surface area (Å²) in [5.74, 6) is 0.444. The zero-order valence-electron chi connectivity index (χ0n) is 9.75. The molecule has 2 aliphatic rings. The van der Waals surface area contributed by atoms with E-state index in [0.717, 1.165) is 0 Å². The maximum Gasteiger partial charge on any atom is 0.136 e. The second-order valence-corrected chi connectivity index (χ2v) is 5.48. The highest BCUT2D eigenvalue weighted by Crippen LogP contribution is 2.45. The molecule has 2 saturated carbocycles. The van der Waals surface area contributed by atoms with Crippen molar-refractivity contribution < 1.29 is 14.4 Å². The van der Waals surface area contributed by atoms with Crippen LogP contribution in [0.3, 0.4) is 0 Å². The normalized spacial score (nSPS) is 36.6. The fraction of sp³-hybridized carbons (Fsp3) is 0.769. The molecule has 0 heterocycles. The van der Waals surface area contributed by atoms with Crippen LogP contribution in [0.1, 0.15) is 51.9 Å². The number of Topliss-reactive ketones (excluding diaryl/α,β-unsaturated/α-hetero) is 3. The van der Waals surface area contributed by atoms with Gasteiger partial charge >= 0.3 is 0 Å². The van der Waals surface area contributed by atoms with Crippen LogP contribution >= 0.6 is 0 Å². The Hall–Kier alpha value is -0.990. The van der Waals surface area contributed by atoms with E-state index >= 15 is 0 Å². The Morgan fingerprint density at radius 2 is 1.81 bits per heavy atom. The summed E-state index contributed by atoms with van der Waals surface area (Å²) in [6.07, 6.45) is 3.75. The van der Waals surface area contributed by atoms with Crippen LogP contribution in [0.5, 0.6) is 0 Å². The Bertz CT molecular complexity index is 345. The Kier molecular flexibility index (Phi) is 2.96. The molecule has 2 atom stereocenters. The van der Waals surface area contributed by atoms with Crippen LogP contribution in [0.2, 0.25) is 0 Å². The van der Waals surface area contributed by atoms with Gasteiger partial charge in [0.15, 0.2) is 0 Å². The van der Waals surface area contributed by atoms with Gasteiger partial charge in [-0.3, -0.25) is 14.4 Å².